The second-order valence-electron chi connectivity index (χ2n) is 3.99. The summed E-state index contributed by atoms with van der Waals surface area (Å²) in [5, 5.41) is 6.24. The van der Waals surface area contributed by atoms with Gasteiger partial charge in [-0.2, -0.15) is 4.98 Å². The Morgan fingerprint density at radius 1 is 1.38 bits per heavy atom. The van der Waals surface area contributed by atoms with Crippen molar-refractivity contribution in [1.29, 1.82) is 0 Å². The van der Waals surface area contributed by atoms with Gasteiger partial charge in [0.1, 0.15) is 5.82 Å². The van der Waals surface area contributed by atoms with Crippen LogP contribution < -0.4 is 10.6 Å². The van der Waals surface area contributed by atoms with Gasteiger partial charge in [-0.1, -0.05) is 0 Å². The van der Waals surface area contributed by atoms with Gasteiger partial charge in [0.15, 0.2) is 0 Å². The molecule has 0 radical (unpaired) electrons. The zero-order valence-electron chi connectivity index (χ0n) is 9.74. The Bertz CT molecular complexity index is 322. The molecule has 0 bridgehead atoms. The highest BCUT2D eigenvalue weighted by atomic mass is 15.2. The van der Waals surface area contributed by atoms with Gasteiger partial charge in [0.25, 0.3) is 0 Å². The van der Waals surface area contributed by atoms with Gasteiger partial charge in [-0.3, -0.25) is 0 Å². The molecular formula is C11H19N5. The van der Waals surface area contributed by atoms with E-state index in [-0.39, 0.29) is 0 Å². The lowest BCUT2D eigenvalue weighted by Gasteiger charge is -2.14. The van der Waals surface area contributed by atoms with Crippen molar-refractivity contribution in [2.75, 3.05) is 43.9 Å². The monoisotopic (exact) mass is 221 g/mol. The molecule has 5 heteroatoms. The second-order valence-corrected chi connectivity index (χ2v) is 3.99. The normalized spacial score (nSPS) is 16.3. The molecule has 0 spiro atoms. The summed E-state index contributed by atoms with van der Waals surface area (Å²) in [6, 6.07) is 1.89. The van der Waals surface area contributed by atoms with Gasteiger partial charge in [-0.15, -0.1) is 0 Å². The molecule has 1 aromatic rings. The maximum Gasteiger partial charge on any atom is 0.224 e. The van der Waals surface area contributed by atoms with E-state index in [4.69, 9.17) is 0 Å². The van der Waals surface area contributed by atoms with Crippen LogP contribution in [-0.2, 0) is 0 Å². The molecule has 0 amide bonds. The molecule has 1 aliphatic rings. The van der Waals surface area contributed by atoms with E-state index in [1.165, 1.54) is 25.9 Å². The zero-order valence-corrected chi connectivity index (χ0v) is 9.74. The fourth-order valence-electron chi connectivity index (χ4n) is 1.93. The number of hydrogen-bond acceptors (Lipinski definition) is 5. The lowest BCUT2D eigenvalue weighted by atomic mass is 10.4. The Morgan fingerprint density at radius 2 is 2.19 bits per heavy atom. The minimum atomic E-state index is 0.658. The van der Waals surface area contributed by atoms with Crippen molar-refractivity contribution in [1.82, 2.24) is 14.9 Å². The molecule has 0 atom stereocenters. The largest absolute Gasteiger partial charge is 0.369 e. The molecule has 1 aromatic heterocycles. The number of nitrogens with one attached hydrogen (secondary N) is 2. The van der Waals surface area contributed by atoms with E-state index in [0.717, 1.165) is 18.9 Å². The summed E-state index contributed by atoms with van der Waals surface area (Å²) < 4.78 is 0. The van der Waals surface area contributed by atoms with E-state index >= 15 is 0 Å². The molecule has 0 aliphatic carbocycles. The molecule has 5 nitrogen and oxygen atoms in total. The maximum atomic E-state index is 4.30. The third kappa shape index (κ3) is 3.06. The molecule has 1 fully saturated rings. The molecule has 1 aliphatic heterocycles. The van der Waals surface area contributed by atoms with Crippen molar-refractivity contribution in [2.24, 2.45) is 0 Å². The first-order valence-electron chi connectivity index (χ1n) is 5.85. The van der Waals surface area contributed by atoms with Crippen LogP contribution in [0.3, 0.4) is 0 Å². The van der Waals surface area contributed by atoms with Crippen molar-refractivity contribution >= 4 is 11.8 Å². The highest BCUT2D eigenvalue weighted by molar-refractivity contribution is 5.38. The van der Waals surface area contributed by atoms with Gasteiger partial charge < -0.3 is 15.5 Å². The van der Waals surface area contributed by atoms with E-state index in [1.807, 2.05) is 13.1 Å². The summed E-state index contributed by atoms with van der Waals surface area (Å²) >= 11 is 0. The van der Waals surface area contributed by atoms with E-state index in [2.05, 4.69) is 25.5 Å². The summed E-state index contributed by atoms with van der Waals surface area (Å²) in [6.45, 7) is 4.53. The highest BCUT2D eigenvalue weighted by Gasteiger charge is 2.10. The van der Waals surface area contributed by atoms with Gasteiger partial charge in [0.05, 0.1) is 0 Å². The quantitative estimate of drug-likeness (QED) is 0.777. The Labute approximate surface area is 96.3 Å². The van der Waals surface area contributed by atoms with E-state index < -0.39 is 0 Å². The van der Waals surface area contributed by atoms with Crippen LogP contribution in [-0.4, -0.2) is 48.1 Å². The van der Waals surface area contributed by atoms with Gasteiger partial charge in [0.2, 0.25) is 5.95 Å². The Kier molecular flexibility index (Phi) is 3.93. The smallest absolute Gasteiger partial charge is 0.224 e. The number of anilines is 2. The summed E-state index contributed by atoms with van der Waals surface area (Å²) in [5.74, 6) is 1.55. The fraction of sp³-hybridized carbons (Fsp3) is 0.636. The molecule has 2 N–H and O–H groups in total. The van der Waals surface area contributed by atoms with Crippen LogP contribution in [0.1, 0.15) is 12.8 Å². The summed E-state index contributed by atoms with van der Waals surface area (Å²) in [4.78, 5) is 10.9. The average molecular weight is 221 g/mol. The predicted octanol–water partition coefficient (Wildman–Crippen LogP) is 1.03. The fourth-order valence-corrected chi connectivity index (χ4v) is 1.93. The number of hydrogen-bond donors (Lipinski definition) is 2. The molecule has 88 valence electrons. The van der Waals surface area contributed by atoms with Crippen LogP contribution in [0.2, 0.25) is 0 Å². The Balaban J connectivity index is 1.75. The van der Waals surface area contributed by atoms with Gasteiger partial charge in [0, 0.05) is 26.3 Å². The highest BCUT2D eigenvalue weighted by Crippen LogP contribution is 2.07. The number of likely N-dealkylation sites (tertiary alicyclic amines) is 1. The van der Waals surface area contributed by atoms with Crippen LogP contribution >= 0.6 is 0 Å². The minimum Gasteiger partial charge on any atom is -0.369 e. The van der Waals surface area contributed by atoms with Crippen LogP contribution in [0.25, 0.3) is 0 Å². The first-order chi connectivity index (χ1) is 7.88. The van der Waals surface area contributed by atoms with Gasteiger partial charge in [-0.05, 0) is 32.0 Å². The molecule has 1 saturated heterocycles. The molecule has 2 heterocycles. The topological polar surface area (TPSA) is 53.1 Å². The Morgan fingerprint density at radius 3 is 2.94 bits per heavy atom. The lowest BCUT2D eigenvalue weighted by Crippen LogP contribution is -2.26. The zero-order chi connectivity index (χ0) is 11.2. The molecule has 0 saturated carbocycles. The molecule has 0 unspecified atom stereocenters. The minimum absolute atomic E-state index is 0.658. The molecule has 2 rings (SSSR count). The average Bonchev–Trinajstić information content (AvgIpc) is 2.82. The van der Waals surface area contributed by atoms with E-state index in [0.29, 0.717) is 5.95 Å². The third-order valence-electron chi connectivity index (χ3n) is 2.81. The van der Waals surface area contributed by atoms with Crippen LogP contribution in [0, 0.1) is 0 Å². The van der Waals surface area contributed by atoms with Gasteiger partial charge in [-0.25, -0.2) is 4.98 Å². The molecule has 0 aromatic carbocycles. The van der Waals surface area contributed by atoms with Crippen LogP contribution in [0.4, 0.5) is 11.8 Å². The van der Waals surface area contributed by atoms with Crippen LogP contribution in [0.5, 0.6) is 0 Å². The third-order valence-corrected chi connectivity index (χ3v) is 2.81. The molecule has 16 heavy (non-hydrogen) atoms. The maximum absolute atomic E-state index is 4.30. The van der Waals surface area contributed by atoms with Crippen LogP contribution in [0.15, 0.2) is 12.3 Å². The van der Waals surface area contributed by atoms with E-state index in [9.17, 15) is 0 Å². The summed E-state index contributed by atoms with van der Waals surface area (Å²) in [5.41, 5.74) is 0. The molecular weight excluding hydrogens is 202 g/mol. The number of rotatable bonds is 5. The predicted molar refractivity (Wildman–Crippen MR) is 65.7 cm³/mol. The first kappa shape index (κ1) is 11.1. The van der Waals surface area contributed by atoms with E-state index in [1.54, 1.807) is 6.20 Å². The standard InChI is InChI=1S/C11H19N5/c1-12-11-14-5-4-10(15-11)13-6-9-16-7-2-3-8-16/h4-5H,2-3,6-9H2,1H3,(H2,12,13,14,15). The Hall–Kier alpha value is -1.36. The first-order valence-corrected chi connectivity index (χ1v) is 5.85. The van der Waals surface area contributed by atoms with Crippen molar-refractivity contribution in [3.05, 3.63) is 12.3 Å². The second kappa shape index (κ2) is 5.65. The summed E-state index contributed by atoms with van der Waals surface area (Å²) in [6.07, 6.45) is 4.45. The van der Waals surface area contributed by atoms with Gasteiger partial charge >= 0.3 is 0 Å². The lowest BCUT2D eigenvalue weighted by molar-refractivity contribution is 0.352. The summed E-state index contributed by atoms with van der Waals surface area (Å²) in [7, 11) is 1.82. The van der Waals surface area contributed by atoms with Crippen molar-refractivity contribution in [3.8, 4) is 0 Å². The van der Waals surface area contributed by atoms with Crippen molar-refractivity contribution in [2.45, 2.75) is 12.8 Å². The van der Waals surface area contributed by atoms with Crippen molar-refractivity contribution < 1.29 is 0 Å². The SMILES string of the molecule is CNc1nccc(NCCN2CCCC2)n1. The van der Waals surface area contributed by atoms with Crippen molar-refractivity contribution in [3.63, 3.8) is 0 Å². The number of nitrogens with zero attached hydrogens (tertiary/aromatic N) is 3. The number of aromatic nitrogens is 2.